The number of hydrogen-bond donors (Lipinski definition) is 0. The van der Waals surface area contributed by atoms with Gasteiger partial charge in [0.1, 0.15) is 5.75 Å². The van der Waals surface area contributed by atoms with Crippen molar-refractivity contribution in [3.8, 4) is 5.75 Å². The highest BCUT2D eigenvalue weighted by Crippen LogP contribution is 2.31. The van der Waals surface area contributed by atoms with E-state index in [0.717, 1.165) is 65.9 Å². The second-order valence-corrected chi connectivity index (χ2v) is 9.29. The summed E-state index contributed by atoms with van der Waals surface area (Å²) in [7, 11) is 1.65. The molecule has 1 saturated heterocycles. The number of benzene rings is 2. The number of carbonyl (C=O) groups excluding carboxylic acids is 1. The van der Waals surface area contributed by atoms with Crippen molar-refractivity contribution in [3.05, 3.63) is 53.1 Å². The lowest BCUT2D eigenvalue weighted by molar-refractivity contribution is -0.118. The zero-order valence-electron chi connectivity index (χ0n) is 19.1. The summed E-state index contributed by atoms with van der Waals surface area (Å²) in [5.41, 5.74) is 4.35. The van der Waals surface area contributed by atoms with Crippen molar-refractivity contribution in [2.24, 2.45) is 0 Å². The second kappa shape index (κ2) is 10.4. The number of thiazole rings is 1. The van der Waals surface area contributed by atoms with Crippen LogP contribution in [-0.2, 0) is 16.0 Å². The molecule has 6 nitrogen and oxygen atoms in total. The number of ether oxygens (including phenoxy) is 2. The van der Waals surface area contributed by atoms with Crippen LogP contribution in [0.15, 0.2) is 36.4 Å². The number of amides is 1. The van der Waals surface area contributed by atoms with E-state index in [-0.39, 0.29) is 5.91 Å². The Labute approximate surface area is 193 Å². The molecular formula is C25H31N3O3S. The zero-order chi connectivity index (χ0) is 22.5. The number of fused-ring (bicyclic) bond motifs is 1. The lowest BCUT2D eigenvalue weighted by Crippen LogP contribution is -2.39. The van der Waals surface area contributed by atoms with Crippen molar-refractivity contribution < 1.29 is 14.3 Å². The van der Waals surface area contributed by atoms with Crippen molar-refractivity contribution in [1.29, 1.82) is 0 Å². The average molecular weight is 454 g/mol. The van der Waals surface area contributed by atoms with Gasteiger partial charge < -0.3 is 9.47 Å². The van der Waals surface area contributed by atoms with Crippen LogP contribution < -0.4 is 9.64 Å². The number of hydrogen-bond acceptors (Lipinski definition) is 6. The molecule has 1 amide bonds. The van der Waals surface area contributed by atoms with Gasteiger partial charge in [-0.25, -0.2) is 4.98 Å². The number of carbonyl (C=O) groups is 1. The van der Waals surface area contributed by atoms with Crippen molar-refractivity contribution in [3.63, 3.8) is 0 Å². The van der Waals surface area contributed by atoms with E-state index in [2.05, 4.69) is 36.9 Å². The maximum absolute atomic E-state index is 13.4. The third-order valence-electron chi connectivity index (χ3n) is 6.00. The van der Waals surface area contributed by atoms with E-state index in [4.69, 9.17) is 14.5 Å². The molecule has 1 aliphatic heterocycles. The number of rotatable bonds is 8. The number of aromatic nitrogens is 1. The first-order chi connectivity index (χ1) is 15.5. The minimum absolute atomic E-state index is 0.0845. The van der Waals surface area contributed by atoms with Crippen LogP contribution in [0.4, 0.5) is 5.13 Å². The molecule has 1 fully saturated rings. The van der Waals surface area contributed by atoms with Crippen LogP contribution in [-0.4, -0.2) is 62.3 Å². The molecule has 0 spiro atoms. The third kappa shape index (κ3) is 5.46. The highest BCUT2D eigenvalue weighted by Gasteiger charge is 2.21. The zero-order valence-corrected chi connectivity index (χ0v) is 19.9. The molecule has 2 aromatic carbocycles. The predicted octanol–water partition coefficient (Wildman–Crippen LogP) is 4.22. The van der Waals surface area contributed by atoms with Gasteiger partial charge in [0.15, 0.2) is 5.13 Å². The van der Waals surface area contributed by atoms with Crippen molar-refractivity contribution in [2.45, 2.75) is 26.7 Å². The molecular weight excluding hydrogens is 422 g/mol. The number of methoxy groups -OCH3 is 1. The van der Waals surface area contributed by atoms with E-state index in [0.29, 0.717) is 13.0 Å². The van der Waals surface area contributed by atoms with Gasteiger partial charge >= 0.3 is 0 Å². The SMILES string of the molecule is COc1ccc2sc(N(CCCN3CCOCC3)C(=O)Cc3ccc(C)c(C)c3)nc2c1. The normalized spacial score (nSPS) is 14.6. The van der Waals surface area contributed by atoms with Crippen molar-refractivity contribution in [2.75, 3.05) is 51.4 Å². The van der Waals surface area contributed by atoms with E-state index in [9.17, 15) is 4.79 Å². The lowest BCUT2D eigenvalue weighted by Gasteiger charge is -2.27. The Bertz CT molecular complexity index is 1080. The maximum atomic E-state index is 13.4. The Morgan fingerprint density at radius 1 is 1.16 bits per heavy atom. The molecule has 1 aromatic heterocycles. The fourth-order valence-corrected chi connectivity index (χ4v) is 4.91. The number of nitrogens with zero attached hydrogens (tertiary/aromatic N) is 3. The van der Waals surface area contributed by atoms with Gasteiger partial charge in [-0.05, 0) is 49.1 Å². The van der Waals surface area contributed by atoms with Crippen LogP contribution in [0, 0.1) is 13.8 Å². The minimum Gasteiger partial charge on any atom is -0.497 e. The summed E-state index contributed by atoms with van der Waals surface area (Å²) in [6.07, 6.45) is 1.27. The first-order valence-corrected chi connectivity index (χ1v) is 12.0. The fraction of sp³-hybridized carbons (Fsp3) is 0.440. The van der Waals surface area contributed by atoms with Crippen LogP contribution in [0.2, 0.25) is 0 Å². The molecule has 3 aromatic rings. The minimum atomic E-state index is 0.0845. The summed E-state index contributed by atoms with van der Waals surface area (Å²) in [5, 5.41) is 0.754. The largest absolute Gasteiger partial charge is 0.497 e. The standard InChI is InChI=1S/C25H31N3O3S/c1-18-5-6-20(15-19(18)2)16-24(29)28(10-4-9-27-11-13-31-14-12-27)25-26-22-17-21(30-3)7-8-23(22)32-25/h5-8,15,17H,4,9-14,16H2,1-3H3. The highest BCUT2D eigenvalue weighted by molar-refractivity contribution is 7.22. The fourth-order valence-electron chi connectivity index (χ4n) is 3.93. The second-order valence-electron chi connectivity index (χ2n) is 8.28. The average Bonchev–Trinajstić information content (AvgIpc) is 3.22. The van der Waals surface area contributed by atoms with Crippen molar-refractivity contribution in [1.82, 2.24) is 9.88 Å². The topological polar surface area (TPSA) is 54.9 Å². The van der Waals surface area contributed by atoms with Crippen LogP contribution in [0.25, 0.3) is 10.2 Å². The molecule has 2 heterocycles. The molecule has 0 bridgehead atoms. The van der Waals surface area contributed by atoms with Gasteiger partial charge in [0.2, 0.25) is 5.91 Å². The van der Waals surface area contributed by atoms with Crippen LogP contribution in [0.3, 0.4) is 0 Å². The molecule has 0 unspecified atom stereocenters. The third-order valence-corrected chi connectivity index (χ3v) is 7.06. The van der Waals surface area contributed by atoms with Crippen LogP contribution in [0.1, 0.15) is 23.1 Å². The van der Waals surface area contributed by atoms with Gasteiger partial charge in [-0.1, -0.05) is 29.5 Å². The smallest absolute Gasteiger partial charge is 0.233 e. The van der Waals surface area contributed by atoms with Gasteiger partial charge in [0.25, 0.3) is 0 Å². The first-order valence-electron chi connectivity index (χ1n) is 11.1. The Balaban J connectivity index is 1.53. The van der Waals surface area contributed by atoms with E-state index in [1.165, 1.54) is 11.1 Å². The number of anilines is 1. The molecule has 0 saturated carbocycles. The van der Waals surface area contributed by atoms with Crippen LogP contribution >= 0.6 is 11.3 Å². The van der Waals surface area contributed by atoms with E-state index >= 15 is 0 Å². The molecule has 0 N–H and O–H groups in total. The first kappa shape index (κ1) is 22.7. The van der Waals surface area contributed by atoms with E-state index in [1.807, 2.05) is 23.1 Å². The number of morpholine rings is 1. The Morgan fingerprint density at radius 2 is 1.97 bits per heavy atom. The highest BCUT2D eigenvalue weighted by atomic mass is 32.1. The summed E-state index contributed by atoms with van der Waals surface area (Å²) in [5.74, 6) is 0.857. The summed E-state index contributed by atoms with van der Waals surface area (Å²) in [6, 6.07) is 12.1. The predicted molar refractivity (Wildman–Crippen MR) is 130 cm³/mol. The molecule has 0 atom stereocenters. The molecule has 170 valence electrons. The van der Waals surface area contributed by atoms with Gasteiger partial charge in [-0.2, -0.15) is 0 Å². The Kier molecular flexibility index (Phi) is 7.40. The summed E-state index contributed by atoms with van der Waals surface area (Å²) < 4.78 is 11.8. The maximum Gasteiger partial charge on any atom is 0.233 e. The van der Waals surface area contributed by atoms with Gasteiger partial charge in [0.05, 0.1) is 37.0 Å². The Morgan fingerprint density at radius 3 is 2.72 bits per heavy atom. The van der Waals surface area contributed by atoms with Gasteiger partial charge in [-0.15, -0.1) is 0 Å². The van der Waals surface area contributed by atoms with Crippen molar-refractivity contribution >= 4 is 32.6 Å². The Hall–Kier alpha value is -2.48. The van der Waals surface area contributed by atoms with Crippen LogP contribution in [0.5, 0.6) is 5.75 Å². The molecule has 0 radical (unpaired) electrons. The lowest BCUT2D eigenvalue weighted by atomic mass is 10.0. The number of aryl methyl sites for hydroxylation is 2. The monoisotopic (exact) mass is 453 g/mol. The van der Waals surface area contributed by atoms with Gasteiger partial charge in [0, 0.05) is 32.2 Å². The summed E-state index contributed by atoms with van der Waals surface area (Å²) in [6.45, 7) is 9.27. The molecule has 1 aliphatic rings. The van der Waals surface area contributed by atoms with E-state index < -0.39 is 0 Å². The summed E-state index contributed by atoms with van der Waals surface area (Å²) in [4.78, 5) is 22.5. The molecule has 32 heavy (non-hydrogen) atoms. The summed E-state index contributed by atoms with van der Waals surface area (Å²) >= 11 is 1.56. The molecule has 0 aliphatic carbocycles. The quantitative estimate of drug-likeness (QED) is 0.511. The van der Waals surface area contributed by atoms with E-state index in [1.54, 1.807) is 18.4 Å². The molecule has 7 heteroatoms. The van der Waals surface area contributed by atoms with Gasteiger partial charge in [-0.3, -0.25) is 14.6 Å². The molecule has 4 rings (SSSR count).